The maximum atomic E-state index is 12.4. The molecule has 0 bridgehead atoms. The molecule has 2 rings (SSSR count). The minimum atomic E-state index is -4.42. The van der Waals surface area contributed by atoms with Crippen molar-refractivity contribution in [3.05, 3.63) is 58.1 Å². The number of carbonyl (C=O) groups excluding carboxylic acids is 1. The molecule has 0 heterocycles. The molecule has 0 aliphatic rings. The van der Waals surface area contributed by atoms with E-state index in [1.54, 1.807) is 19.1 Å². The lowest BCUT2D eigenvalue weighted by Gasteiger charge is -2.11. The van der Waals surface area contributed by atoms with E-state index in [-0.39, 0.29) is 5.56 Å². The van der Waals surface area contributed by atoms with Crippen molar-refractivity contribution < 1.29 is 21.6 Å². The Morgan fingerprint density at radius 3 is 2.17 bits per heavy atom. The zero-order valence-electron chi connectivity index (χ0n) is 12.4. The second-order valence-electron chi connectivity index (χ2n) is 4.89. The van der Waals surface area contributed by atoms with Gasteiger partial charge >= 0.3 is 0 Å². The van der Waals surface area contributed by atoms with Gasteiger partial charge in [0.1, 0.15) is 9.79 Å². The van der Waals surface area contributed by atoms with Crippen LogP contribution < -0.4 is 9.86 Å². The van der Waals surface area contributed by atoms with Crippen molar-refractivity contribution in [2.24, 2.45) is 5.14 Å². The lowest BCUT2D eigenvalue weighted by atomic mass is 10.1. The fourth-order valence-corrected chi connectivity index (χ4v) is 4.85. The molecule has 2 aromatic rings. The fraction of sp³-hybridized carbons (Fsp3) is 0.0714. The molecule has 0 aromatic heterocycles. The Kier molecular flexibility index (Phi) is 5.14. The molecule has 2 aromatic carbocycles. The Morgan fingerprint density at radius 2 is 1.62 bits per heavy atom. The number of amides is 1. The van der Waals surface area contributed by atoms with Gasteiger partial charge in [0.25, 0.3) is 15.9 Å². The number of hydrogen-bond acceptors (Lipinski definition) is 5. The third-order valence-corrected chi connectivity index (χ3v) is 6.09. The number of primary sulfonamides is 1. The van der Waals surface area contributed by atoms with Gasteiger partial charge in [-0.3, -0.25) is 4.79 Å². The number of benzene rings is 2. The molecular formula is C14H13BrN2O5S2. The van der Waals surface area contributed by atoms with E-state index in [0.717, 1.165) is 16.6 Å². The van der Waals surface area contributed by atoms with Gasteiger partial charge in [-0.05, 0) is 42.8 Å². The van der Waals surface area contributed by atoms with Gasteiger partial charge in [0.2, 0.25) is 10.0 Å². The van der Waals surface area contributed by atoms with Crippen LogP contribution in [0, 0.1) is 6.92 Å². The first-order valence-corrected chi connectivity index (χ1v) is 10.3. The van der Waals surface area contributed by atoms with E-state index < -0.39 is 35.7 Å². The van der Waals surface area contributed by atoms with Crippen LogP contribution in [0.25, 0.3) is 0 Å². The monoisotopic (exact) mass is 432 g/mol. The van der Waals surface area contributed by atoms with Crippen LogP contribution in [0.5, 0.6) is 0 Å². The van der Waals surface area contributed by atoms with Crippen LogP contribution in [-0.2, 0) is 20.0 Å². The van der Waals surface area contributed by atoms with Crippen molar-refractivity contribution in [1.29, 1.82) is 0 Å². The highest BCUT2D eigenvalue weighted by Crippen LogP contribution is 2.20. The number of halogens is 1. The van der Waals surface area contributed by atoms with Crippen LogP contribution in [0.15, 0.2) is 56.7 Å². The van der Waals surface area contributed by atoms with E-state index in [1.165, 1.54) is 18.2 Å². The number of carbonyl (C=O) groups is 1. The highest BCUT2D eigenvalue weighted by molar-refractivity contribution is 9.10. The zero-order valence-corrected chi connectivity index (χ0v) is 15.6. The number of nitrogens with two attached hydrogens (primary N) is 1. The average Bonchev–Trinajstić information content (AvgIpc) is 2.45. The van der Waals surface area contributed by atoms with E-state index in [4.69, 9.17) is 5.14 Å². The molecule has 24 heavy (non-hydrogen) atoms. The quantitative estimate of drug-likeness (QED) is 0.757. The molecule has 10 heteroatoms. The molecule has 0 spiro atoms. The molecule has 0 aliphatic heterocycles. The largest absolute Gasteiger partial charge is 0.268 e. The van der Waals surface area contributed by atoms with Gasteiger partial charge in [-0.2, -0.15) is 0 Å². The van der Waals surface area contributed by atoms with Gasteiger partial charge in [-0.1, -0.05) is 28.1 Å². The first-order chi connectivity index (χ1) is 11.0. The van der Waals surface area contributed by atoms with Gasteiger partial charge in [0.05, 0.1) is 0 Å². The zero-order chi connectivity index (χ0) is 18.1. The number of nitrogens with one attached hydrogen (secondary N) is 1. The lowest BCUT2D eigenvalue weighted by Crippen LogP contribution is -2.32. The second kappa shape index (κ2) is 6.63. The number of hydrogen-bond donors (Lipinski definition) is 2. The predicted octanol–water partition coefficient (Wildman–Crippen LogP) is 1.52. The van der Waals surface area contributed by atoms with Gasteiger partial charge in [0.15, 0.2) is 0 Å². The summed E-state index contributed by atoms with van der Waals surface area (Å²) < 4.78 is 50.5. The van der Waals surface area contributed by atoms with Crippen molar-refractivity contribution in [2.75, 3.05) is 0 Å². The van der Waals surface area contributed by atoms with Crippen LogP contribution >= 0.6 is 15.9 Å². The summed E-state index contributed by atoms with van der Waals surface area (Å²) >= 11 is 3.24. The number of aryl methyl sites for hydroxylation is 1. The van der Waals surface area contributed by atoms with Crippen molar-refractivity contribution in [3.8, 4) is 0 Å². The fourth-order valence-electron chi connectivity index (χ4n) is 2.02. The normalized spacial score (nSPS) is 12.0. The molecule has 3 N–H and O–H groups in total. The number of rotatable bonds is 4. The maximum absolute atomic E-state index is 12.4. The van der Waals surface area contributed by atoms with Crippen LogP contribution in [0.1, 0.15) is 15.9 Å². The molecule has 0 radical (unpaired) electrons. The SMILES string of the molecule is Cc1cc(Br)ccc1C(=O)NS(=O)(=O)c1ccccc1S(N)(=O)=O. The van der Waals surface area contributed by atoms with Gasteiger partial charge in [0, 0.05) is 10.0 Å². The highest BCUT2D eigenvalue weighted by Gasteiger charge is 2.26. The van der Waals surface area contributed by atoms with E-state index in [2.05, 4.69) is 15.9 Å². The van der Waals surface area contributed by atoms with Gasteiger partial charge in [-0.15, -0.1) is 0 Å². The summed E-state index contributed by atoms with van der Waals surface area (Å²) in [5.41, 5.74) is 0.701. The van der Waals surface area contributed by atoms with Crippen molar-refractivity contribution >= 4 is 41.9 Å². The van der Waals surface area contributed by atoms with Crippen molar-refractivity contribution in [1.82, 2.24) is 4.72 Å². The topological polar surface area (TPSA) is 123 Å². The van der Waals surface area contributed by atoms with Gasteiger partial charge in [-0.25, -0.2) is 26.7 Å². The Labute approximate surface area is 148 Å². The minimum absolute atomic E-state index is 0.148. The third-order valence-electron chi connectivity index (χ3n) is 3.11. The molecule has 7 nitrogen and oxygen atoms in total. The summed E-state index contributed by atoms with van der Waals surface area (Å²) in [5.74, 6) is -0.871. The molecular weight excluding hydrogens is 420 g/mol. The molecule has 0 aliphatic carbocycles. The molecule has 0 fully saturated rings. The smallest absolute Gasteiger partial charge is 0.265 e. The van der Waals surface area contributed by atoms with E-state index in [0.29, 0.717) is 5.56 Å². The predicted molar refractivity (Wildman–Crippen MR) is 91.3 cm³/mol. The molecule has 128 valence electrons. The van der Waals surface area contributed by atoms with E-state index in [9.17, 15) is 21.6 Å². The van der Waals surface area contributed by atoms with Crippen LogP contribution in [0.2, 0.25) is 0 Å². The minimum Gasteiger partial charge on any atom is -0.268 e. The summed E-state index contributed by atoms with van der Waals surface area (Å²) in [5, 5.41) is 5.03. The van der Waals surface area contributed by atoms with Gasteiger partial charge < -0.3 is 0 Å². The van der Waals surface area contributed by atoms with Crippen molar-refractivity contribution in [2.45, 2.75) is 16.7 Å². The first kappa shape index (κ1) is 18.6. The Hall–Kier alpha value is -1.75. The molecule has 0 unspecified atom stereocenters. The summed E-state index contributed by atoms with van der Waals surface area (Å²) in [6, 6.07) is 9.48. The Balaban J connectivity index is 2.45. The standard InChI is InChI=1S/C14H13BrN2O5S2/c1-9-8-10(15)6-7-11(9)14(18)17-24(21,22)13-5-3-2-4-12(13)23(16,19)20/h2-8H,1H3,(H,17,18)(H2,16,19,20). The van der Waals surface area contributed by atoms with E-state index in [1.807, 2.05) is 4.72 Å². The van der Waals surface area contributed by atoms with Crippen molar-refractivity contribution in [3.63, 3.8) is 0 Å². The lowest BCUT2D eigenvalue weighted by molar-refractivity contribution is 0.0980. The van der Waals surface area contributed by atoms with E-state index >= 15 is 0 Å². The highest BCUT2D eigenvalue weighted by atomic mass is 79.9. The molecule has 0 atom stereocenters. The van der Waals surface area contributed by atoms with Crippen LogP contribution in [-0.4, -0.2) is 22.7 Å². The second-order valence-corrected chi connectivity index (χ2v) is 8.98. The summed E-state index contributed by atoms with van der Waals surface area (Å²) in [6.07, 6.45) is 0. The maximum Gasteiger partial charge on any atom is 0.265 e. The Morgan fingerprint density at radius 1 is 1.04 bits per heavy atom. The first-order valence-electron chi connectivity index (χ1n) is 6.47. The average molecular weight is 433 g/mol. The summed E-state index contributed by atoms with van der Waals surface area (Å²) in [6.45, 7) is 1.64. The number of sulfonamides is 2. The summed E-state index contributed by atoms with van der Waals surface area (Å²) in [4.78, 5) is 11.1. The summed E-state index contributed by atoms with van der Waals surface area (Å²) in [7, 11) is -8.69. The Bertz CT molecular complexity index is 1020. The molecule has 0 saturated carbocycles. The molecule has 0 saturated heterocycles. The van der Waals surface area contributed by atoms with Crippen LogP contribution in [0.3, 0.4) is 0 Å². The van der Waals surface area contributed by atoms with Crippen LogP contribution in [0.4, 0.5) is 0 Å². The third kappa shape index (κ3) is 4.01. The molecule has 1 amide bonds.